The van der Waals surface area contributed by atoms with Crippen LogP contribution in [0.25, 0.3) is 0 Å². The first-order valence-corrected chi connectivity index (χ1v) is 6.86. The summed E-state index contributed by atoms with van der Waals surface area (Å²) >= 11 is 6.18. The molecule has 2 rings (SSSR count). The fourth-order valence-electron chi connectivity index (χ4n) is 2.51. The number of nitrogens with one attached hydrogen (secondary N) is 1. The van der Waals surface area contributed by atoms with Crippen molar-refractivity contribution in [2.45, 2.75) is 32.4 Å². The molecule has 0 bridgehead atoms. The number of aliphatic hydroxyl groups excluding tert-OH is 1. The van der Waals surface area contributed by atoms with Gasteiger partial charge in [0.1, 0.15) is 0 Å². The quantitative estimate of drug-likeness (QED) is 0.863. The Labute approximate surface area is 114 Å². The summed E-state index contributed by atoms with van der Waals surface area (Å²) in [7, 11) is 0. The molecular formula is C14H21ClN2O. The zero-order chi connectivity index (χ0) is 13.1. The van der Waals surface area contributed by atoms with Crippen LogP contribution in [-0.4, -0.2) is 36.9 Å². The van der Waals surface area contributed by atoms with Crippen LogP contribution in [0, 0.1) is 6.92 Å². The van der Waals surface area contributed by atoms with E-state index in [9.17, 15) is 5.11 Å². The second kappa shape index (κ2) is 5.91. The van der Waals surface area contributed by atoms with Gasteiger partial charge in [-0.15, -0.1) is 0 Å². The molecule has 0 spiro atoms. The van der Waals surface area contributed by atoms with Crippen molar-refractivity contribution in [3.8, 4) is 0 Å². The van der Waals surface area contributed by atoms with Gasteiger partial charge >= 0.3 is 0 Å². The Morgan fingerprint density at radius 2 is 2.28 bits per heavy atom. The summed E-state index contributed by atoms with van der Waals surface area (Å²) in [6.45, 7) is 6.19. The molecule has 0 aromatic heterocycles. The number of hydrogen-bond acceptors (Lipinski definition) is 3. The Kier molecular flexibility index (Phi) is 4.49. The highest BCUT2D eigenvalue weighted by molar-refractivity contribution is 6.31. The van der Waals surface area contributed by atoms with Gasteiger partial charge < -0.3 is 15.3 Å². The smallest absolute Gasteiger partial charge is 0.0602 e. The van der Waals surface area contributed by atoms with Gasteiger partial charge in [-0.2, -0.15) is 0 Å². The number of hydrogen-bond donors (Lipinski definition) is 2. The van der Waals surface area contributed by atoms with Crippen LogP contribution in [-0.2, 0) is 0 Å². The van der Waals surface area contributed by atoms with E-state index in [2.05, 4.69) is 23.2 Å². The van der Waals surface area contributed by atoms with E-state index in [1.807, 2.05) is 19.1 Å². The third kappa shape index (κ3) is 2.97. The second-order valence-corrected chi connectivity index (χ2v) is 5.47. The number of benzene rings is 1. The molecule has 4 heteroatoms. The maximum absolute atomic E-state index is 9.41. The van der Waals surface area contributed by atoms with Crippen LogP contribution in [0.3, 0.4) is 0 Å². The van der Waals surface area contributed by atoms with Crippen LogP contribution >= 0.6 is 11.6 Å². The molecular weight excluding hydrogens is 248 g/mol. The van der Waals surface area contributed by atoms with Gasteiger partial charge in [0.15, 0.2) is 0 Å². The molecule has 1 fully saturated rings. The molecule has 2 unspecified atom stereocenters. The minimum atomic E-state index is 0.126. The molecule has 100 valence electrons. The summed E-state index contributed by atoms with van der Waals surface area (Å²) in [6.07, 6.45) is 1.07. The minimum absolute atomic E-state index is 0.126. The molecule has 0 amide bonds. The topological polar surface area (TPSA) is 35.5 Å². The van der Waals surface area contributed by atoms with Crippen molar-refractivity contribution in [2.24, 2.45) is 0 Å². The lowest BCUT2D eigenvalue weighted by molar-refractivity contribution is 0.240. The van der Waals surface area contributed by atoms with Crippen molar-refractivity contribution in [2.75, 3.05) is 24.6 Å². The summed E-state index contributed by atoms with van der Waals surface area (Å²) < 4.78 is 0. The minimum Gasteiger partial charge on any atom is -0.395 e. The molecule has 1 heterocycles. The second-order valence-electron chi connectivity index (χ2n) is 5.07. The van der Waals surface area contributed by atoms with Crippen LogP contribution < -0.4 is 10.2 Å². The molecule has 1 saturated heterocycles. The predicted molar refractivity (Wildman–Crippen MR) is 76.5 cm³/mol. The average molecular weight is 269 g/mol. The van der Waals surface area contributed by atoms with E-state index >= 15 is 0 Å². The Hall–Kier alpha value is -0.770. The maximum Gasteiger partial charge on any atom is 0.0602 e. The number of halogens is 1. The van der Waals surface area contributed by atoms with Crippen LogP contribution in [0.15, 0.2) is 18.2 Å². The normalized spacial score (nSPS) is 25.0. The van der Waals surface area contributed by atoms with Crippen molar-refractivity contribution < 1.29 is 5.11 Å². The monoisotopic (exact) mass is 268 g/mol. The first kappa shape index (κ1) is 13.7. The number of anilines is 1. The van der Waals surface area contributed by atoms with E-state index in [1.54, 1.807) is 0 Å². The molecule has 1 aromatic rings. The van der Waals surface area contributed by atoms with Gasteiger partial charge in [0.05, 0.1) is 6.61 Å². The molecule has 1 aliphatic rings. The number of aliphatic hydroxyl groups is 1. The predicted octanol–water partition coefficient (Wildman–Crippen LogP) is 2.20. The van der Waals surface area contributed by atoms with E-state index in [1.165, 1.54) is 5.69 Å². The summed E-state index contributed by atoms with van der Waals surface area (Å²) in [5.41, 5.74) is 2.29. The van der Waals surface area contributed by atoms with Gasteiger partial charge in [0.25, 0.3) is 0 Å². The average Bonchev–Trinajstić information content (AvgIpc) is 2.54. The van der Waals surface area contributed by atoms with Gasteiger partial charge in [-0.25, -0.2) is 0 Å². The van der Waals surface area contributed by atoms with Gasteiger partial charge in [0.2, 0.25) is 0 Å². The Morgan fingerprint density at radius 3 is 3.00 bits per heavy atom. The van der Waals surface area contributed by atoms with Gasteiger partial charge in [-0.05, 0) is 38.0 Å². The van der Waals surface area contributed by atoms with E-state index in [0.29, 0.717) is 6.04 Å². The van der Waals surface area contributed by atoms with Crippen molar-refractivity contribution >= 4 is 17.3 Å². The highest BCUT2D eigenvalue weighted by Gasteiger charge is 2.22. The SMILES string of the molecule is Cc1c(Cl)cccc1N1CCC(C)NC(CO)C1. The molecule has 18 heavy (non-hydrogen) atoms. The zero-order valence-corrected chi connectivity index (χ0v) is 11.7. The highest BCUT2D eigenvalue weighted by atomic mass is 35.5. The Balaban J connectivity index is 2.23. The van der Waals surface area contributed by atoms with E-state index < -0.39 is 0 Å². The highest BCUT2D eigenvalue weighted by Crippen LogP contribution is 2.27. The van der Waals surface area contributed by atoms with Crippen LogP contribution in [0.5, 0.6) is 0 Å². The summed E-state index contributed by atoms with van der Waals surface area (Å²) in [6, 6.07) is 6.57. The van der Waals surface area contributed by atoms with Crippen molar-refractivity contribution in [1.82, 2.24) is 5.32 Å². The molecule has 2 N–H and O–H groups in total. The number of nitrogens with zero attached hydrogens (tertiary/aromatic N) is 1. The van der Waals surface area contributed by atoms with Gasteiger partial charge in [-0.3, -0.25) is 0 Å². The molecule has 0 saturated carbocycles. The molecule has 0 aliphatic carbocycles. The van der Waals surface area contributed by atoms with Crippen LogP contribution in [0.1, 0.15) is 18.9 Å². The van der Waals surface area contributed by atoms with E-state index in [4.69, 9.17) is 11.6 Å². The zero-order valence-electron chi connectivity index (χ0n) is 11.0. The summed E-state index contributed by atoms with van der Waals surface area (Å²) in [5.74, 6) is 0. The third-order valence-electron chi connectivity index (χ3n) is 3.59. The Bertz CT molecular complexity index is 411. The van der Waals surface area contributed by atoms with E-state index in [0.717, 1.165) is 30.1 Å². The van der Waals surface area contributed by atoms with Crippen molar-refractivity contribution in [1.29, 1.82) is 0 Å². The lowest BCUT2D eigenvalue weighted by atomic mass is 10.1. The molecule has 1 aliphatic heterocycles. The molecule has 2 atom stereocenters. The van der Waals surface area contributed by atoms with Crippen LogP contribution in [0.4, 0.5) is 5.69 Å². The Morgan fingerprint density at radius 1 is 1.50 bits per heavy atom. The maximum atomic E-state index is 9.41. The summed E-state index contributed by atoms with van der Waals surface area (Å²) in [5, 5.41) is 13.6. The first-order chi connectivity index (χ1) is 8.61. The van der Waals surface area contributed by atoms with Gasteiger partial charge in [-0.1, -0.05) is 17.7 Å². The third-order valence-corrected chi connectivity index (χ3v) is 4.00. The summed E-state index contributed by atoms with van der Waals surface area (Å²) in [4.78, 5) is 2.32. The lowest BCUT2D eigenvalue weighted by Crippen LogP contribution is -2.42. The lowest BCUT2D eigenvalue weighted by Gasteiger charge is -2.27. The molecule has 3 nitrogen and oxygen atoms in total. The standard InChI is InChI=1S/C14H21ClN2O/c1-10-6-7-17(8-12(9-18)16-10)14-5-3-4-13(15)11(14)2/h3-5,10,12,16,18H,6-9H2,1-2H3. The fraction of sp³-hybridized carbons (Fsp3) is 0.571. The van der Waals surface area contributed by atoms with Gasteiger partial charge in [0, 0.05) is 35.9 Å². The first-order valence-electron chi connectivity index (χ1n) is 6.48. The molecule has 1 aromatic carbocycles. The van der Waals surface area contributed by atoms with Crippen LogP contribution in [0.2, 0.25) is 5.02 Å². The van der Waals surface area contributed by atoms with Crippen molar-refractivity contribution in [3.63, 3.8) is 0 Å². The van der Waals surface area contributed by atoms with Crippen molar-refractivity contribution in [3.05, 3.63) is 28.8 Å². The largest absolute Gasteiger partial charge is 0.395 e. The molecule has 0 radical (unpaired) electrons. The fourth-order valence-corrected chi connectivity index (χ4v) is 2.68. The number of rotatable bonds is 2. The van der Waals surface area contributed by atoms with E-state index in [-0.39, 0.29) is 12.6 Å².